The number of benzene rings is 1. The molecule has 1 aromatic rings. The molecule has 1 aromatic carbocycles. The molecular formula is C10H13NO3S. The van der Waals surface area contributed by atoms with Crippen molar-refractivity contribution in [1.82, 2.24) is 5.48 Å². The second-order valence-electron chi connectivity index (χ2n) is 3.74. The Hall–Kier alpha value is -0.910. The maximum Gasteiger partial charge on any atom is 0.312 e. The van der Waals surface area contributed by atoms with Gasteiger partial charge in [-0.05, 0) is 31.9 Å². The zero-order valence-corrected chi connectivity index (χ0v) is 9.25. The van der Waals surface area contributed by atoms with E-state index in [1.165, 1.54) is 0 Å². The van der Waals surface area contributed by atoms with Crippen LogP contribution < -0.4 is 5.48 Å². The summed E-state index contributed by atoms with van der Waals surface area (Å²) in [5.74, 6) is 0. The lowest BCUT2D eigenvalue weighted by Gasteiger charge is -2.05. The molecule has 0 atom stereocenters. The molecule has 82 valence electrons. The third-order valence-electron chi connectivity index (χ3n) is 2.21. The summed E-state index contributed by atoms with van der Waals surface area (Å²) >= 11 is 0. The van der Waals surface area contributed by atoms with Gasteiger partial charge in [0.2, 0.25) is 0 Å². The third-order valence-corrected chi connectivity index (χ3v) is 3.38. The van der Waals surface area contributed by atoms with Gasteiger partial charge >= 0.3 is 10.1 Å². The number of aryl methyl sites for hydroxylation is 1. The van der Waals surface area contributed by atoms with Gasteiger partial charge in [-0.15, -0.1) is 0 Å². The van der Waals surface area contributed by atoms with Crippen LogP contribution in [0.5, 0.6) is 0 Å². The van der Waals surface area contributed by atoms with Gasteiger partial charge in [-0.3, -0.25) is 0 Å². The Labute approximate surface area is 89.3 Å². The topological polar surface area (TPSA) is 55.4 Å². The zero-order chi connectivity index (χ0) is 10.9. The van der Waals surface area contributed by atoms with Crippen molar-refractivity contribution in [1.29, 1.82) is 0 Å². The molecule has 1 aliphatic rings. The Morgan fingerprint density at radius 1 is 1.27 bits per heavy atom. The van der Waals surface area contributed by atoms with Crippen LogP contribution in [0.4, 0.5) is 0 Å². The van der Waals surface area contributed by atoms with E-state index in [1.54, 1.807) is 24.3 Å². The number of hydroxylamine groups is 1. The van der Waals surface area contributed by atoms with Crippen LogP contribution >= 0.6 is 0 Å². The van der Waals surface area contributed by atoms with Crippen molar-refractivity contribution in [3.63, 3.8) is 0 Å². The molecule has 1 aliphatic carbocycles. The average molecular weight is 227 g/mol. The molecule has 4 nitrogen and oxygen atoms in total. The number of hydrogen-bond acceptors (Lipinski definition) is 4. The standard InChI is InChI=1S/C10H13NO3S/c1-8-2-6-10(7-3-8)15(12,13)14-11-9-4-5-9/h2-3,6-7,9,11H,4-5H2,1H3. The Morgan fingerprint density at radius 2 is 1.87 bits per heavy atom. The summed E-state index contributed by atoms with van der Waals surface area (Å²) in [7, 11) is -3.64. The first-order chi connectivity index (χ1) is 7.08. The smallest absolute Gasteiger partial charge is 0.192 e. The highest BCUT2D eigenvalue weighted by atomic mass is 32.2. The van der Waals surface area contributed by atoms with Crippen LogP contribution in [0.3, 0.4) is 0 Å². The van der Waals surface area contributed by atoms with Crippen molar-refractivity contribution in [3.05, 3.63) is 29.8 Å². The van der Waals surface area contributed by atoms with Gasteiger partial charge in [-0.2, -0.15) is 18.2 Å². The predicted octanol–water partition coefficient (Wildman–Crippen LogP) is 1.37. The third kappa shape index (κ3) is 2.77. The van der Waals surface area contributed by atoms with Gasteiger partial charge in [-0.1, -0.05) is 17.7 Å². The van der Waals surface area contributed by atoms with Crippen molar-refractivity contribution in [2.75, 3.05) is 0 Å². The van der Waals surface area contributed by atoms with Crippen molar-refractivity contribution < 1.29 is 12.7 Å². The molecule has 0 amide bonds. The van der Waals surface area contributed by atoms with Crippen LogP contribution in [0.25, 0.3) is 0 Å². The average Bonchev–Trinajstić information content (AvgIpc) is 2.99. The number of rotatable bonds is 4. The van der Waals surface area contributed by atoms with E-state index in [0.717, 1.165) is 18.4 Å². The fourth-order valence-electron chi connectivity index (χ4n) is 1.09. The molecule has 1 fully saturated rings. The van der Waals surface area contributed by atoms with E-state index >= 15 is 0 Å². The van der Waals surface area contributed by atoms with Gasteiger partial charge in [-0.25, -0.2) is 0 Å². The molecule has 0 bridgehead atoms. The van der Waals surface area contributed by atoms with E-state index in [0.29, 0.717) is 0 Å². The van der Waals surface area contributed by atoms with E-state index in [4.69, 9.17) is 4.28 Å². The molecule has 0 aliphatic heterocycles. The summed E-state index contributed by atoms with van der Waals surface area (Å²) < 4.78 is 27.9. The Kier molecular flexibility index (Phi) is 2.77. The lowest BCUT2D eigenvalue weighted by atomic mass is 10.2. The maximum absolute atomic E-state index is 11.6. The zero-order valence-electron chi connectivity index (χ0n) is 8.43. The van der Waals surface area contributed by atoms with Gasteiger partial charge in [0.15, 0.2) is 0 Å². The summed E-state index contributed by atoms with van der Waals surface area (Å²) in [6, 6.07) is 6.77. The fraction of sp³-hybridized carbons (Fsp3) is 0.400. The van der Waals surface area contributed by atoms with Gasteiger partial charge in [0.05, 0.1) is 4.90 Å². The van der Waals surface area contributed by atoms with Gasteiger partial charge < -0.3 is 0 Å². The SMILES string of the molecule is Cc1ccc(S(=O)(=O)ONC2CC2)cc1. The summed E-state index contributed by atoms with van der Waals surface area (Å²) in [4.78, 5) is 0.182. The quantitative estimate of drug-likeness (QED) is 0.789. The normalized spacial score (nSPS) is 16.6. The van der Waals surface area contributed by atoms with Gasteiger partial charge in [0.25, 0.3) is 0 Å². The number of hydrogen-bond donors (Lipinski definition) is 1. The lowest BCUT2D eigenvalue weighted by Crippen LogP contribution is -2.22. The number of nitrogens with one attached hydrogen (secondary N) is 1. The molecule has 5 heteroatoms. The molecule has 2 rings (SSSR count). The van der Waals surface area contributed by atoms with E-state index < -0.39 is 10.1 Å². The van der Waals surface area contributed by atoms with E-state index in [1.807, 2.05) is 6.92 Å². The minimum absolute atomic E-state index is 0.182. The molecule has 0 radical (unpaired) electrons. The van der Waals surface area contributed by atoms with Crippen LogP contribution in [0, 0.1) is 6.92 Å². The second kappa shape index (κ2) is 3.92. The van der Waals surface area contributed by atoms with E-state index in [9.17, 15) is 8.42 Å². The first-order valence-corrected chi connectivity index (χ1v) is 6.24. The van der Waals surface area contributed by atoms with Crippen molar-refractivity contribution >= 4 is 10.1 Å². The minimum atomic E-state index is -3.64. The van der Waals surface area contributed by atoms with Crippen molar-refractivity contribution in [2.24, 2.45) is 0 Å². The van der Waals surface area contributed by atoms with Crippen LogP contribution in [-0.2, 0) is 14.4 Å². The molecule has 0 spiro atoms. The van der Waals surface area contributed by atoms with E-state index in [2.05, 4.69) is 5.48 Å². The first kappa shape index (κ1) is 10.6. The van der Waals surface area contributed by atoms with Crippen LogP contribution in [-0.4, -0.2) is 14.5 Å². The first-order valence-electron chi connectivity index (χ1n) is 4.83. The highest BCUT2D eigenvalue weighted by Gasteiger charge is 2.25. The molecule has 1 saturated carbocycles. The molecule has 1 N–H and O–H groups in total. The lowest BCUT2D eigenvalue weighted by molar-refractivity contribution is 0.198. The monoisotopic (exact) mass is 227 g/mol. The minimum Gasteiger partial charge on any atom is -0.192 e. The van der Waals surface area contributed by atoms with Crippen molar-refractivity contribution in [3.8, 4) is 0 Å². The molecule has 0 saturated heterocycles. The van der Waals surface area contributed by atoms with Crippen LogP contribution in [0.2, 0.25) is 0 Å². The maximum atomic E-state index is 11.6. The summed E-state index contributed by atoms with van der Waals surface area (Å²) in [6.07, 6.45) is 1.95. The highest BCUT2D eigenvalue weighted by molar-refractivity contribution is 7.86. The molecular weight excluding hydrogens is 214 g/mol. The Balaban J connectivity index is 2.09. The summed E-state index contributed by atoms with van der Waals surface area (Å²) in [5, 5.41) is 0. The van der Waals surface area contributed by atoms with Gasteiger partial charge in [0, 0.05) is 6.04 Å². The molecule has 0 heterocycles. The highest BCUT2D eigenvalue weighted by Crippen LogP contribution is 2.20. The molecule has 0 aromatic heterocycles. The predicted molar refractivity (Wildman–Crippen MR) is 55.6 cm³/mol. The molecule has 15 heavy (non-hydrogen) atoms. The Morgan fingerprint density at radius 3 is 2.40 bits per heavy atom. The van der Waals surface area contributed by atoms with Crippen LogP contribution in [0.1, 0.15) is 18.4 Å². The van der Waals surface area contributed by atoms with Gasteiger partial charge in [0.1, 0.15) is 0 Å². The van der Waals surface area contributed by atoms with Crippen LogP contribution in [0.15, 0.2) is 29.2 Å². The largest absolute Gasteiger partial charge is 0.312 e. The second-order valence-corrected chi connectivity index (χ2v) is 5.29. The van der Waals surface area contributed by atoms with E-state index in [-0.39, 0.29) is 10.9 Å². The fourth-order valence-corrected chi connectivity index (χ4v) is 1.91. The summed E-state index contributed by atoms with van der Waals surface area (Å²) in [6.45, 7) is 1.90. The molecule has 0 unspecified atom stereocenters. The Bertz CT molecular complexity index is 434. The summed E-state index contributed by atoms with van der Waals surface area (Å²) in [5.41, 5.74) is 3.54. The van der Waals surface area contributed by atoms with Crippen molar-refractivity contribution in [2.45, 2.75) is 30.7 Å².